The van der Waals surface area contributed by atoms with Gasteiger partial charge >= 0.3 is 0 Å². The van der Waals surface area contributed by atoms with Crippen molar-refractivity contribution in [1.29, 1.82) is 0 Å². The van der Waals surface area contributed by atoms with Crippen LogP contribution in [0.15, 0.2) is 24.3 Å². The van der Waals surface area contributed by atoms with Crippen LogP contribution in [0.2, 0.25) is 0 Å². The van der Waals surface area contributed by atoms with E-state index < -0.39 is 0 Å². The van der Waals surface area contributed by atoms with Gasteiger partial charge in [0, 0.05) is 5.56 Å². The summed E-state index contributed by atoms with van der Waals surface area (Å²) < 4.78 is 0. The second-order valence-electron chi connectivity index (χ2n) is 3.29. The van der Waals surface area contributed by atoms with E-state index in [4.69, 9.17) is 0 Å². The second kappa shape index (κ2) is 5.32. The molecule has 76 valence electrons. The van der Waals surface area contributed by atoms with E-state index in [1.807, 2.05) is 12.2 Å². The van der Waals surface area contributed by atoms with Gasteiger partial charge in [-0.2, -0.15) is 0 Å². The van der Waals surface area contributed by atoms with Gasteiger partial charge in [0.25, 0.3) is 0 Å². The predicted octanol–water partition coefficient (Wildman–Crippen LogP) is 3.30. The lowest BCUT2D eigenvalue weighted by Gasteiger charge is -1.99. The number of phenols is 2. The van der Waals surface area contributed by atoms with E-state index >= 15 is 0 Å². The molecule has 14 heavy (non-hydrogen) atoms. The van der Waals surface area contributed by atoms with Gasteiger partial charge in [0.05, 0.1) is 0 Å². The summed E-state index contributed by atoms with van der Waals surface area (Å²) in [6.45, 7) is 2.14. The highest BCUT2D eigenvalue weighted by molar-refractivity contribution is 5.58. The second-order valence-corrected chi connectivity index (χ2v) is 3.29. The third-order valence-corrected chi connectivity index (χ3v) is 2.03. The van der Waals surface area contributed by atoms with Gasteiger partial charge in [-0.25, -0.2) is 0 Å². The van der Waals surface area contributed by atoms with Crippen molar-refractivity contribution in [1.82, 2.24) is 0 Å². The first-order chi connectivity index (χ1) is 6.74. The molecule has 0 heterocycles. The maximum absolute atomic E-state index is 9.43. The third kappa shape index (κ3) is 3.13. The Bertz CT molecular complexity index is 316. The summed E-state index contributed by atoms with van der Waals surface area (Å²) >= 11 is 0. The maximum atomic E-state index is 9.43. The van der Waals surface area contributed by atoms with Crippen LogP contribution in [0.4, 0.5) is 0 Å². The molecule has 0 amide bonds. The number of unbranched alkanes of at least 4 members (excludes halogenated alkanes) is 2. The van der Waals surface area contributed by atoms with Crippen LogP contribution < -0.4 is 0 Å². The van der Waals surface area contributed by atoms with E-state index in [1.165, 1.54) is 12.1 Å². The minimum absolute atomic E-state index is 0.179. The number of hydrogen-bond donors (Lipinski definition) is 2. The van der Waals surface area contributed by atoms with Crippen LogP contribution >= 0.6 is 0 Å². The van der Waals surface area contributed by atoms with Crippen molar-refractivity contribution >= 4 is 6.08 Å². The van der Waals surface area contributed by atoms with Crippen molar-refractivity contribution in [2.45, 2.75) is 26.2 Å². The summed E-state index contributed by atoms with van der Waals surface area (Å²) in [5, 5.41) is 18.6. The minimum Gasteiger partial charge on any atom is -0.508 e. The lowest BCUT2D eigenvalue weighted by atomic mass is 10.1. The smallest absolute Gasteiger partial charge is 0.123 e. The summed E-state index contributed by atoms with van der Waals surface area (Å²) in [5.74, 6) is 0.383. The quantitative estimate of drug-likeness (QED) is 0.567. The van der Waals surface area contributed by atoms with Gasteiger partial charge < -0.3 is 10.2 Å². The van der Waals surface area contributed by atoms with Crippen LogP contribution in [0.25, 0.3) is 6.08 Å². The van der Waals surface area contributed by atoms with Gasteiger partial charge in [0.2, 0.25) is 0 Å². The molecule has 1 rings (SSSR count). The average molecular weight is 192 g/mol. The highest BCUT2D eigenvalue weighted by atomic mass is 16.3. The zero-order valence-corrected chi connectivity index (χ0v) is 8.40. The standard InChI is InChI=1S/C12H16O2/c1-2-3-4-5-6-10-9-11(13)7-8-12(10)14/h5-9,13-14H,2-4H2,1H3. The van der Waals surface area contributed by atoms with Crippen molar-refractivity contribution in [3.63, 3.8) is 0 Å². The van der Waals surface area contributed by atoms with Crippen molar-refractivity contribution in [3.8, 4) is 11.5 Å². The number of rotatable bonds is 4. The van der Waals surface area contributed by atoms with Crippen LogP contribution in [0.5, 0.6) is 11.5 Å². The minimum atomic E-state index is 0.179. The van der Waals surface area contributed by atoms with Gasteiger partial charge in [-0.3, -0.25) is 0 Å². The molecule has 0 unspecified atom stereocenters. The van der Waals surface area contributed by atoms with Gasteiger partial charge in [-0.1, -0.05) is 31.9 Å². The van der Waals surface area contributed by atoms with Crippen molar-refractivity contribution < 1.29 is 10.2 Å². The molecular formula is C12H16O2. The molecule has 0 saturated carbocycles. The van der Waals surface area contributed by atoms with Crippen LogP contribution in [-0.2, 0) is 0 Å². The topological polar surface area (TPSA) is 40.5 Å². The zero-order chi connectivity index (χ0) is 10.4. The molecule has 0 aliphatic rings. The number of phenolic OH excluding ortho intramolecular Hbond substituents is 2. The Labute approximate surface area is 84.5 Å². The first-order valence-corrected chi connectivity index (χ1v) is 4.92. The predicted molar refractivity (Wildman–Crippen MR) is 58.3 cm³/mol. The zero-order valence-electron chi connectivity index (χ0n) is 8.40. The largest absolute Gasteiger partial charge is 0.508 e. The molecular weight excluding hydrogens is 176 g/mol. The molecule has 0 aliphatic carbocycles. The molecule has 0 bridgehead atoms. The Balaban J connectivity index is 2.65. The highest BCUT2D eigenvalue weighted by Crippen LogP contribution is 2.23. The number of allylic oxidation sites excluding steroid dienone is 1. The van der Waals surface area contributed by atoms with Gasteiger partial charge in [0.15, 0.2) is 0 Å². The van der Waals surface area contributed by atoms with Crippen molar-refractivity contribution in [2.24, 2.45) is 0 Å². The Morgan fingerprint density at radius 2 is 2.07 bits per heavy atom. The SMILES string of the molecule is CCCCC=Cc1cc(O)ccc1O. The lowest BCUT2D eigenvalue weighted by Crippen LogP contribution is -1.75. The maximum Gasteiger partial charge on any atom is 0.123 e. The number of benzene rings is 1. The summed E-state index contributed by atoms with van der Waals surface area (Å²) in [4.78, 5) is 0. The lowest BCUT2D eigenvalue weighted by molar-refractivity contribution is 0.459. The molecule has 2 nitrogen and oxygen atoms in total. The van der Waals surface area contributed by atoms with Crippen LogP contribution in [0.1, 0.15) is 31.7 Å². The molecule has 0 fully saturated rings. The van der Waals surface area contributed by atoms with Crippen LogP contribution in [-0.4, -0.2) is 10.2 Å². The van der Waals surface area contributed by atoms with E-state index in [2.05, 4.69) is 6.92 Å². The third-order valence-electron chi connectivity index (χ3n) is 2.03. The van der Waals surface area contributed by atoms with E-state index in [-0.39, 0.29) is 11.5 Å². The normalized spacial score (nSPS) is 10.9. The Morgan fingerprint density at radius 1 is 1.29 bits per heavy atom. The van der Waals surface area contributed by atoms with Gasteiger partial charge in [0.1, 0.15) is 11.5 Å². The molecule has 0 radical (unpaired) electrons. The summed E-state index contributed by atoms with van der Waals surface area (Å²) in [5.41, 5.74) is 0.668. The van der Waals surface area contributed by atoms with Gasteiger partial charge in [-0.05, 0) is 24.6 Å². The Morgan fingerprint density at radius 3 is 2.79 bits per heavy atom. The summed E-state index contributed by atoms with van der Waals surface area (Å²) in [6, 6.07) is 4.52. The molecule has 1 aromatic rings. The molecule has 0 atom stereocenters. The van der Waals surface area contributed by atoms with E-state index in [0.29, 0.717) is 5.56 Å². The molecule has 0 aliphatic heterocycles. The molecule has 1 aromatic carbocycles. The van der Waals surface area contributed by atoms with Crippen molar-refractivity contribution in [2.75, 3.05) is 0 Å². The monoisotopic (exact) mass is 192 g/mol. The van der Waals surface area contributed by atoms with Crippen molar-refractivity contribution in [3.05, 3.63) is 29.8 Å². The first kappa shape index (κ1) is 10.6. The fraction of sp³-hybridized carbons (Fsp3) is 0.333. The molecule has 0 aromatic heterocycles. The molecule has 0 spiro atoms. The first-order valence-electron chi connectivity index (χ1n) is 4.92. The van der Waals surface area contributed by atoms with Gasteiger partial charge in [-0.15, -0.1) is 0 Å². The summed E-state index contributed by atoms with van der Waals surface area (Å²) in [6.07, 6.45) is 7.17. The fourth-order valence-electron chi connectivity index (χ4n) is 1.21. The van der Waals surface area contributed by atoms with E-state index in [0.717, 1.165) is 19.3 Å². The number of hydrogen-bond acceptors (Lipinski definition) is 2. The summed E-state index contributed by atoms with van der Waals surface area (Å²) in [7, 11) is 0. The molecule has 0 saturated heterocycles. The average Bonchev–Trinajstić information content (AvgIpc) is 2.18. The highest BCUT2D eigenvalue weighted by Gasteiger charge is 1.97. The van der Waals surface area contributed by atoms with E-state index in [9.17, 15) is 10.2 Å². The number of aromatic hydroxyl groups is 2. The molecule has 2 N–H and O–H groups in total. The van der Waals surface area contributed by atoms with E-state index in [1.54, 1.807) is 6.07 Å². The van der Waals surface area contributed by atoms with Crippen LogP contribution in [0.3, 0.4) is 0 Å². The fourth-order valence-corrected chi connectivity index (χ4v) is 1.21. The van der Waals surface area contributed by atoms with Crippen LogP contribution in [0, 0.1) is 0 Å². The Hall–Kier alpha value is -1.44. The Kier molecular flexibility index (Phi) is 4.05. The molecule has 2 heteroatoms.